The normalized spacial score (nSPS) is 18.1. The van der Waals surface area contributed by atoms with Crippen LogP contribution in [-0.4, -0.2) is 5.16 Å². The minimum atomic E-state index is -0.289. The maximum absolute atomic E-state index is 14.1. The summed E-state index contributed by atoms with van der Waals surface area (Å²) in [6, 6.07) is 6.64. The average Bonchev–Trinajstić information content (AvgIpc) is 2.83. The summed E-state index contributed by atoms with van der Waals surface area (Å²) in [6.07, 6.45) is 5.67. The SMILES string of the molecule is CC1(c2noc(N)c2-c2ccccc2F)CCCCC1. The lowest BCUT2D eigenvalue weighted by molar-refractivity contribution is 0.295. The second-order valence-electron chi connectivity index (χ2n) is 5.87. The van der Waals surface area contributed by atoms with Crippen molar-refractivity contribution in [3.8, 4) is 11.1 Å². The standard InChI is InChI=1S/C16H19FN2O/c1-16(9-5-2-6-10-16)14-13(15(18)20-19-14)11-7-3-4-8-12(11)17/h3-4,7-8H,2,5-6,9-10,18H2,1H3. The molecule has 0 radical (unpaired) electrons. The molecule has 1 aromatic heterocycles. The smallest absolute Gasteiger partial charge is 0.230 e. The Labute approximate surface area is 118 Å². The molecule has 0 spiro atoms. The lowest BCUT2D eigenvalue weighted by Gasteiger charge is -2.32. The fourth-order valence-corrected chi connectivity index (χ4v) is 3.21. The minimum absolute atomic E-state index is 0.0724. The van der Waals surface area contributed by atoms with Crippen molar-refractivity contribution < 1.29 is 8.91 Å². The molecule has 0 bridgehead atoms. The van der Waals surface area contributed by atoms with Gasteiger partial charge in [0.05, 0.1) is 11.3 Å². The summed E-state index contributed by atoms with van der Waals surface area (Å²) in [5.41, 5.74) is 7.76. The van der Waals surface area contributed by atoms with Crippen molar-refractivity contribution in [3.63, 3.8) is 0 Å². The van der Waals surface area contributed by atoms with Gasteiger partial charge in [-0.05, 0) is 18.9 Å². The Balaban J connectivity index is 2.13. The van der Waals surface area contributed by atoms with Crippen LogP contribution in [0.25, 0.3) is 11.1 Å². The number of halogens is 1. The zero-order valence-electron chi connectivity index (χ0n) is 11.7. The zero-order valence-corrected chi connectivity index (χ0v) is 11.7. The van der Waals surface area contributed by atoms with E-state index in [1.165, 1.54) is 25.3 Å². The molecule has 1 aliphatic carbocycles. The lowest BCUT2D eigenvalue weighted by Crippen LogP contribution is -2.26. The molecule has 106 valence electrons. The van der Waals surface area contributed by atoms with E-state index in [0.29, 0.717) is 11.1 Å². The first kappa shape index (κ1) is 13.2. The second-order valence-corrected chi connectivity index (χ2v) is 5.87. The number of hydrogen-bond acceptors (Lipinski definition) is 3. The van der Waals surface area contributed by atoms with Gasteiger partial charge in [-0.15, -0.1) is 0 Å². The van der Waals surface area contributed by atoms with Crippen molar-refractivity contribution in [2.75, 3.05) is 5.73 Å². The highest BCUT2D eigenvalue weighted by Gasteiger charge is 2.36. The Bertz CT molecular complexity index is 615. The zero-order chi connectivity index (χ0) is 14.2. The maximum atomic E-state index is 14.1. The van der Waals surface area contributed by atoms with Gasteiger partial charge < -0.3 is 10.3 Å². The molecule has 1 aromatic carbocycles. The van der Waals surface area contributed by atoms with E-state index >= 15 is 0 Å². The molecule has 0 aliphatic heterocycles. The third-order valence-corrected chi connectivity index (χ3v) is 4.39. The molecular weight excluding hydrogens is 255 g/mol. The minimum Gasteiger partial charge on any atom is -0.367 e. The van der Waals surface area contributed by atoms with Gasteiger partial charge in [0, 0.05) is 11.0 Å². The van der Waals surface area contributed by atoms with Gasteiger partial charge in [-0.1, -0.05) is 49.5 Å². The summed E-state index contributed by atoms with van der Waals surface area (Å²) in [5.74, 6) is -0.0834. The third kappa shape index (κ3) is 2.09. The highest BCUT2D eigenvalue weighted by molar-refractivity contribution is 5.76. The van der Waals surface area contributed by atoms with Gasteiger partial charge in [-0.2, -0.15) is 0 Å². The fraction of sp³-hybridized carbons (Fsp3) is 0.438. The van der Waals surface area contributed by atoms with Crippen LogP contribution in [0, 0.1) is 5.82 Å². The van der Waals surface area contributed by atoms with E-state index in [-0.39, 0.29) is 17.1 Å². The Hall–Kier alpha value is -1.84. The van der Waals surface area contributed by atoms with Crippen molar-refractivity contribution >= 4 is 5.88 Å². The largest absolute Gasteiger partial charge is 0.367 e. The van der Waals surface area contributed by atoms with Crippen LogP contribution in [0.5, 0.6) is 0 Å². The van der Waals surface area contributed by atoms with E-state index in [4.69, 9.17) is 10.3 Å². The summed E-state index contributed by atoms with van der Waals surface area (Å²) in [7, 11) is 0. The van der Waals surface area contributed by atoms with E-state index in [0.717, 1.165) is 18.5 Å². The van der Waals surface area contributed by atoms with Crippen molar-refractivity contribution in [2.24, 2.45) is 0 Å². The summed E-state index contributed by atoms with van der Waals surface area (Å²) in [4.78, 5) is 0. The number of anilines is 1. The lowest BCUT2D eigenvalue weighted by atomic mass is 9.72. The van der Waals surface area contributed by atoms with E-state index in [1.54, 1.807) is 18.2 Å². The molecule has 4 heteroatoms. The first-order valence-electron chi connectivity index (χ1n) is 7.12. The first-order valence-corrected chi connectivity index (χ1v) is 7.12. The number of nitrogen functional groups attached to an aromatic ring is 1. The first-order chi connectivity index (χ1) is 9.62. The van der Waals surface area contributed by atoms with Crippen molar-refractivity contribution in [2.45, 2.75) is 44.4 Å². The average molecular weight is 274 g/mol. The number of nitrogens with two attached hydrogens (primary N) is 1. The monoisotopic (exact) mass is 274 g/mol. The topological polar surface area (TPSA) is 52.0 Å². The Kier molecular flexibility index (Phi) is 3.24. The van der Waals surface area contributed by atoms with Gasteiger partial charge in [0.2, 0.25) is 5.88 Å². The predicted molar refractivity (Wildman–Crippen MR) is 76.7 cm³/mol. The molecule has 1 heterocycles. The molecule has 0 saturated heterocycles. The van der Waals surface area contributed by atoms with Crippen molar-refractivity contribution in [1.82, 2.24) is 5.16 Å². The molecule has 2 aromatic rings. The van der Waals surface area contributed by atoms with Crippen LogP contribution in [0.15, 0.2) is 28.8 Å². The molecule has 0 unspecified atom stereocenters. The molecule has 3 rings (SSSR count). The summed E-state index contributed by atoms with van der Waals surface area (Å²) in [5, 5.41) is 4.16. The molecule has 0 atom stereocenters. The highest BCUT2D eigenvalue weighted by Crippen LogP contribution is 2.44. The number of hydrogen-bond donors (Lipinski definition) is 1. The molecule has 1 aliphatic rings. The van der Waals surface area contributed by atoms with Crippen molar-refractivity contribution in [1.29, 1.82) is 0 Å². The summed E-state index contributed by atoms with van der Waals surface area (Å²) < 4.78 is 19.3. The van der Waals surface area contributed by atoms with Gasteiger partial charge in [0.25, 0.3) is 0 Å². The maximum Gasteiger partial charge on any atom is 0.230 e. The number of rotatable bonds is 2. The van der Waals surface area contributed by atoms with E-state index in [2.05, 4.69) is 12.1 Å². The Morgan fingerprint density at radius 2 is 1.90 bits per heavy atom. The summed E-state index contributed by atoms with van der Waals surface area (Å²) in [6.45, 7) is 2.17. The van der Waals surface area contributed by atoms with E-state index < -0.39 is 0 Å². The summed E-state index contributed by atoms with van der Waals surface area (Å²) >= 11 is 0. The van der Waals surface area contributed by atoms with Gasteiger partial charge in [0.15, 0.2) is 0 Å². The third-order valence-electron chi connectivity index (χ3n) is 4.39. The molecule has 3 nitrogen and oxygen atoms in total. The predicted octanol–water partition coefficient (Wildman–Crippen LogP) is 4.28. The highest BCUT2D eigenvalue weighted by atomic mass is 19.1. The van der Waals surface area contributed by atoms with Gasteiger partial charge in [-0.3, -0.25) is 0 Å². The second kappa shape index (κ2) is 4.93. The van der Waals surface area contributed by atoms with Crippen molar-refractivity contribution in [3.05, 3.63) is 35.8 Å². The van der Waals surface area contributed by atoms with Gasteiger partial charge in [-0.25, -0.2) is 4.39 Å². The van der Waals surface area contributed by atoms with Gasteiger partial charge in [0.1, 0.15) is 5.82 Å². The van der Waals surface area contributed by atoms with E-state index in [9.17, 15) is 4.39 Å². The molecule has 2 N–H and O–H groups in total. The van der Waals surface area contributed by atoms with Crippen LogP contribution in [0.3, 0.4) is 0 Å². The molecule has 0 amide bonds. The van der Waals surface area contributed by atoms with Crippen LogP contribution in [0.4, 0.5) is 10.3 Å². The molecule has 1 fully saturated rings. The van der Waals surface area contributed by atoms with E-state index in [1.807, 2.05) is 0 Å². The Morgan fingerprint density at radius 3 is 2.60 bits per heavy atom. The number of nitrogens with zero attached hydrogens (tertiary/aromatic N) is 1. The fourth-order valence-electron chi connectivity index (χ4n) is 3.21. The number of benzene rings is 1. The van der Waals surface area contributed by atoms with Gasteiger partial charge >= 0.3 is 0 Å². The van der Waals surface area contributed by atoms with Crippen LogP contribution in [0.2, 0.25) is 0 Å². The van der Waals surface area contributed by atoms with Crippen LogP contribution >= 0.6 is 0 Å². The van der Waals surface area contributed by atoms with Crippen LogP contribution in [0.1, 0.15) is 44.7 Å². The quantitative estimate of drug-likeness (QED) is 0.889. The molecule has 1 saturated carbocycles. The molecule has 20 heavy (non-hydrogen) atoms. The Morgan fingerprint density at radius 1 is 1.20 bits per heavy atom. The van der Waals surface area contributed by atoms with Crippen LogP contribution < -0.4 is 5.73 Å². The van der Waals surface area contributed by atoms with Crippen LogP contribution in [-0.2, 0) is 5.41 Å². The molecular formula is C16H19FN2O. The number of aromatic nitrogens is 1.